The first kappa shape index (κ1) is 28.1. The third-order valence-electron chi connectivity index (χ3n) is 7.54. The smallest absolute Gasteiger partial charge is 0.273 e. The topological polar surface area (TPSA) is 87.9 Å². The highest BCUT2D eigenvalue weighted by molar-refractivity contribution is 5.94. The lowest BCUT2D eigenvalue weighted by atomic mass is 10.0. The van der Waals surface area contributed by atoms with Gasteiger partial charge in [-0.05, 0) is 55.2 Å². The van der Waals surface area contributed by atoms with Crippen molar-refractivity contribution >= 4 is 11.8 Å². The Kier molecular flexibility index (Phi) is 9.11. The second-order valence-corrected chi connectivity index (χ2v) is 10.5. The molecule has 3 aromatic carbocycles. The molecule has 1 saturated heterocycles. The maximum Gasteiger partial charge on any atom is 0.273 e. The minimum absolute atomic E-state index is 0.0478. The zero-order chi connectivity index (χ0) is 28.6. The molecule has 0 bridgehead atoms. The number of hydrogen-bond donors (Lipinski definition) is 1. The van der Waals surface area contributed by atoms with Crippen molar-refractivity contribution in [3.05, 3.63) is 119 Å². The normalized spacial score (nSPS) is 14.0. The van der Waals surface area contributed by atoms with Gasteiger partial charge in [0.25, 0.3) is 11.8 Å². The molecule has 2 amide bonds. The maximum atomic E-state index is 13.7. The number of likely N-dealkylation sites (tertiary alicyclic amines) is 1. The van der Waals surface area contributed by atoms with Gasteiger partial charge in [0.2, 0.25) is 0 Å². The average Bonchev–Trinajstić information content (AvgIpc) is 3.49. The van der Waals surface area contributed by atoms with Crippen molar-refractivity contribution in [3.63, 3.8) is 0 Å². The van der Waals surface area contributed by atoms with Gasteiger partial charge in [-0.15, -0.1) is 0 Å². The van der Waals surface area contributed by atoms with E-state index in [1.807, 2.05) is 66.4 Å². The molecule has 4 aromatic rings. The lowest BCUT2D eigenvalue weighted by molar-refractivity contribution is 0.0517. The number of benzene rings is 3. The number of hydrogen-bond acceptors (Lipinski definition) is 6. The minimum Gasteiger partial charge on any atom is -0.497 e. The molecule has 1 aliphatic rings. The van der Waals surface area contributed by atoms with Crippen LogP contribution in [0.25, 0.3) is 0 Å². The number of methoxy groups -OCH3 is 1. The van der Waals surface area contributed by atoms with E-state index < -0.39 is 0 Å². The number of carbonyl (C=O) groups excluding carboxylic acids is 2. The highest BCUT2D eigenvalue weighted by Crippen LogP contribution is 2.23. The van der Waals surface area contributed by atoms with Crippen LogP contribution in [0.2, 0.25) is 0 Å². The lowest BCUT2D eigenvalue weighted by Crippen LogP contribution is -2.46. The summed E-state index contributed by atoms with van der Waals surface area (Å²) in [6.07, 6.45) is 1.71. The van der Waals surface area contributed by atoms with Crippen LogP contribution in [0.4, 0.5) is 0 Å². The number of nitrogens with zero attached hydrogens (tertiary/aromatic N) is 3. The Labute approximate surface area is 240 Å². The first-order valence-electron chi connectivity index (χ1n) is 14.0. The number of aromatic nitrogens is 1. The largest absolute Gasteiger partial charge is 0.497 e. The second-order valence-electron chi connectivity index (χ2n) is 10.5. The molecule has 8 heteroatoms. The number of carbonyl (C=O) groups is 2. The van der Waals surface area contributed by atoms with Crippen LogP contribution in [-0.4, -0.2) is 53.0 Å². The van der Waals surface area contributed by atoms with Crippen molar-refractivity contribution in [3.8, 4) is 5.75 Å². The zero-order valence-electron chi connectivity index (χ0n) is 23.6. The van der Waals surface area contributed by atoms with E-state index in [0.717, 1.165) is 49.4 Å². The van der Waals surface area contributed by atoms with Crippen LogP contribution >= 0.6 is 0 Å². The number of amides is 2. The van der Waals surface area contributed by atoms with Crippen molar-refractivity contribution in [2.24, 2.45) is 0 Å². The van der Waals surface area contributed by atoms with Crippen LogP contribution in [0.3, 0.4) is 0 Å². The summed E-state index contributed by atoms with van der Waals surface area (Å²) in [6.45, 7) is 5.29. The third kappa shape index (κ3) is 7.41. The first-order chi connectivity index (χ1) is 20.0. The zero-order valence-corrected chi connectivity index (χ0v) is 23.6. The summed E-state index contributed by atoms with van der Waals surface area (Å²) in [5.74, 6) is 0.856. The second kappa shape index (κ2) is 13.3. The maximum absolute atomic E-state index is 13.7. The Morgan fingerprint density at radius 3 is 2.37 bits per heavy atom. The van der Waals surface area contributed by atoms with Crippen molar-refractivity contribution in [1.29, 1.82) is 0 Å². The van der Waals surface area contributed by atoms with Gasteiger partial charge in [-0.1, -0.05) is 65.3 Å². The molecular weight excluding hydrogens is 516 g/mol. The molecule has 0 saturated carbocycles. The molecule has 1 N–H and O–H groups in total. The molecule has 0 radical (unpaired) electrons. The highest BCUT2D eigenvalue weighted by Gasteiger charge is 2.30. The fourth-order valence-electron chi connectivity index (χ4n) is 5.14. The number of rotatable bonds is 10. The molecular formula is C33H36N4O4. The minimum atomic E-state index is -0.332. The average molecular weight is 553 g/mol. The van der Waals surface area contributed by atoms with Crippen LogP contribution in [-0.2, 0) is 19.6 Å². The molecule has 8 nitrogen and oxygen atoms in total. The van der Waals surface area contributed by atoms with E-state index >= 15 is 0 Å². The summed E-state index contributed by atoms with van der Waals surface area (Å²) in [4.78, 5) is 30.8. The third-order valence-corrected chi connectivity index (χ3v) is 7.54. The van der Waals surface area contributed by atoms with Crippen LogP contribution in [0.15, 0.2) is 89.5 Å². The van der Waals surface area contributed by atoms with E-state index in [1.54, 1.807) is 13.2 Å². The fourth-order valence-corrected chi connectivity index (χ4v) is 5.14. The number of aryl methyl sites for hydroxylation is 1. The van der Waals surface area contributed by atoms with E-state index in [1.165, 1.54) is 5.56 Å². The van der Waals surface area contributed by atoms with E-state index in [2.05, 4.69) is 39.6 Å². The van der Waals surface area contributed by atoms with E-state index in [-0.39, 0.29) is 30.1 Å². The predicted molar refractivity (Wildman–Crippen MR) is 156 cm³/mol. The Hall–Kier alpha value is -4.43. The van der Waals surface area contributed by atoms with Crippen molar-refractivity contribution in [2.45, 2.75) is 45.4 Å². The van der Waals surface area contributed by atoms with Crippen molar-refractivity contribution in [2.75, 3.05) is 20.2 Å². The van der Waals surface area contributed by atoms with Gasteiger partial charge >= 0.3 is 0 Å². The van der Waals surface area contributed by atoms with Gasteiger partial charge in [0.15, 0.2) is 11.5 Å². The molecule has 0 spiro atoms. The fraction of sp³-hybridized carbons (Fsp3) is 0.303. The molecule has 0 atom stereocenters. The molecule has 0 unspecified atom stereocenters. The van der Waals surface area contributed by atoms with E-state index in [0.29, 0.717) is 17.9 Å². The SMILES string of the molecule is COc1ccc(CNC(=O)c2cc(CN(C(=O)c3ccc(C)cc3)C3CCN(Cc4ccccc4)CC3)on2)cc1. The van der Waals surface area contributed by atoms with Gasteiger partial charge in [-0.2, -0.15) is 0 Å². The Morgan fingerprint density at radius 1 is 0.976 bits per heavy atom. The quantitative estimate of drug-likeness (QED) is 0.290. The Balaban J connectivity index is 1.25. The lowest BCUT2D eigenvalue weighted by Gasteiger charge is -2.38. The van der Waals surface area contributed by atoms with Crippen molar-refractivity contribution in [1.82, 2.24) is 20.3 Å². The molecule has 1 aliphatic heterocycles. The van der Waals surface area contributed by atoms with Gasteiger partial charge in [0.05, 0.1) is 13.7 Å². The summed E-state index contributed by atoms with van der Waals surface area (Å²) in [5, 5.41) is 6.88. The number of nitrogens with one attached hydrogen (secondary N) is 1. The summed E-state index contributed by atoms with van der Waals surface area (Å²) in [5.41, 5.74) is 4.16. The van der Waals surface area contributed by atoms with Gasteiger partial charge in [0.1, 0.15) is 5.75 Å². The molecule has 1 aromatic heterocycles. The van der Waals surface area contributed by atoms with Crippen LogP contribution in [0.1, 0.15) is 56.1 Å². The highest BCUT2D eigenvalue weighted by atomic mass is 16.5. The van der Waals surface area contributed by atoms with Gasteiger partial charge in [0, 0.05) is 43.9 Å². The molecule has 1 fully saturated rings. The van der Waals surface area contributed by atoms with Crippen LogP contribution in [0.5, 0.6) is 5.75 Å². The van der Waals surface area contributed by atoms with Gasteiger partial charge in [-0.3, -0.25) is 14.5 Å². The predicted octanol–water partition coefficient (Wildman–Crippen LogP) is 5.23. The van der Waals surface area contributed by atoms with E-state index in [9.17, 15) is 9.59 Å². The summed E-state index contributed by atoms with van der Waals surface area (Å²) in [7, 11) is 1.61. The van der Waals surface area contributed by atoms with Crippen LogP contribution < -0.4 is 10.1 Å². The summed E-state index contributed by atoms with van der Waals surface area (Å²) >= 11 is 0. The van der Waals surface area contributed by atoms with Gasteiger partial charge in [-0.25, -0.2) is 0 Å². The molecule has 5 rings (SSSR count). The molecule has 2 heterocycles. The molecule has 212 valence electrons. The number of piperidine rings is 1. The standard InChI is InChI=1S/C33H36N4O4/c1-24-8-12-27(13-9-24)33(39)37(28-16-18-36(19-17-28)22-26-6-4-3-5-7-26)23-30-20-31(35-41-30)32(38)34-21-25-10-14-29(40-2)15-11-25/h3-15,20,28H,16-19,21-23H2,1-2H3,(H,34,38). The summed E-state index contributed by atoms with van der Waals surface area (Å²) in [6, 6.07) is 27.3. The number of ether oxygens (including phenoxy) is 1. The monoisotopic (exact) mass is 552 g/mol. The molecule has 0 aliphatic carbocycles. The first-order valence-corrected chi connectivity index (χ1v) is 14.0. The van der Waals surface area contributed by atoms with E-state index in [4.69, 9.17) is 9.26 Å². The summed E-state index contributed by atoms with van der Waals surface area (Å²) < 4.78 is 10.7. The van der Waals surface area contributed by atoms with Crippen molar-refractivity contribution < 1.29 is 18.8 Å². The molecule has 41 heavy (non-hydrogen) atoms. The van der Waals surface area contributed by atoms with Gasteiger partial charge < -0.3 is 19.5 Å². The Morgan fingerprint density at radius 2 is 1.68 bits per heavy atom. The van der Waals surface area contributed by atoms with Crippen LogP contribution in [0, 0.1) is 6.92 Å². The Bertz CT molecular complexity index is 1430.